The molecular weight excluding hydrogens is 288 g/mol. The summed E-state index contributed by atoms with van der Waals surface area (Å²) in [5, 5.41) is 4.34. The maximum Gasteiger partial charge on any atom is 0.220 e. The third-order valence-electron chi connectivity index (χ3n) is 4.54. The number of primary amides is 1. The number of hydrogen-bond donors (Lipinski definition) is 2. The summed E-state index contributed by atoms with van der Waals surface area (Å²) in [4.78, 5) is 11.2. The van der Waals surface area contributed by atoms with Gasteiger partial charge in [-0.3, -0.25) is 4.79 Å². The van der Waals surface area contributed by atoms with Crippen LogP contribution in [0.5, 0.6) is 5.75 Å². The smallest absolute Gasteiger partial charge is 0.220 e. The second-order valence-electron chi connectivity index (χ2n) is 5.98. The Hall–Kier alpha value is -1.26. The molecule has 0 aromatic heterocycles. The van der Waals surface area contributed by atoms with E-state index >= 15 is 0 Å². The number of hydrogen-bond acceptors (Lipinski definition) is 3. The molecule has 1 aliphatic heterocycles. The van der Waals surface area contributed by atoms with Crippen LogP contribution in [0.2, 0.25) is 5.02 Å². The molecule has 0 spiro atoms. The van der Waals surface area contributed by atoms with Crippen molar-refractivity contribution in [3.8, 4) is 5.75 Å². The number of carbonyl (C=O) groups is 1. The normalized spacial score (nSPS) is 24.4. The van der Waals surface area contributed by atoms with Crippen molar-refractivity contribution in [3.05, 3.63) is 28.3 Å². The van der Waals surface area contributed by atoms with Gasteiger partial charge in [0, 0.05) is 35.5 Å². The summed E-state index contributed by atoms with van der Waals surface area (Å²) in [6.45, 7) is 1.50. The summed E-state index contributed by atoms with van der Waals surface area (Å²) in [5.41, 5.74) is 7.70. The SMILES string of the molecule is NC(=O)C1CCC(NCc2cc(Cl)cc3c2OCC3)CC1. The third-order valence-corrected chi connectivity index (χ3v) is 4.75. The number of amides is 1. The highest BCUT2D eigenvalue weighted by Crippen LogP contribution is 2.33. The molecular formula is C16H21ClN2O2. The molecule has 1 amide bonds. The van der Waals surface area contributed by atoms with Crippen molar-refractivity contribution in [2.75, 3.05) is 6.61 Å². The minimum absolute atomic E-state index is 0.0572. The molecule has 3 rings (SSSR count). The first-order valence-electron chi connectivity index (χ1n) is 7.60. The molecule has 1 heterocycles. The van der Waals surface area contributed by atoms with Gasteiger partial charge in [0.1, 0.15) is 5.75 Å². The van der Waals surface area contributed by atoms with Gasteiger partial charge in [-0.15, -0.1) is 0 Å². The lowest BCUT2D eigenvalue weighted by atomic mass is 9.85. The first-order chi connectivity index (χ1) is 10.1. The maximum atomic E-state index is 11.2. The lowest BCUT2D eigenvalue weighted by Gasteiger charge is -2.27. The van der Waals surface area contributed by atoms with Crippen LogP contribution in [-0.2, 0) is 17.8 Å². The Bertz CT molecular complexity index is 539. The molecule has 0 bridgehead atoms. The van der Waals surface area contributed by atoms with Crippen LogP contribution in [0.4, 0.5) is 0 Å². The van der Waals surface area contributed by atoms with E-state index in [2.05, 4.69) is 5.32 Å². The number of carbonyl (C=O) groups excluding carboxylic acids is 1. The molecule has 4 nitrogen and oxygen atoms in total. The van der Waals surface area contributed by atoms with Crippen molar-refractivity contribution in [1.82, 2.24) is 5.32 Å². The Labute approximate surface area is 130 Å². The Morgan fingerprint density at radius 3 is 2.81 bits per heavy atom. The first kappa shape index (κ1) is 14.7. The fourth-order valence-electron chi connectivity index (χ4n) is 3.31. The number of nitrogens with two attached hydrogens (primary N) is 1. The van der Waals surface area contributed by atoms with Crippen LogP contribution in [0.1, 0.15) is 36.8 Å². The first-order valence-corrected chi connectivity index (χ1v) is 7.98. The lowest BCUT2D eigenvalue weighted by Crippen LogP contribution is -2.36. The Morgan fingerprint density at radius 2 is 2.10 bits per heavy atom. The zero-order valence-corrected chi connectivity index (χ0v) is 12.8. The highest BCUT2D eigenvalue weighted by atomic mass is 35.5. The van der Waals surface area contributed by atoms with Crippen LogP contribution >= 0.6 is 11.6 Å². The van der Waals surface area contributed by atoms with E-state index in [0.717, 1.165) is 61.6 Å². The van der Waals surface area contributed by atoms with E-state index < -0.39 is 0 Å². The van der Waals surface area contributed by atoms with Gasteiger partial charge in [-0.2, -0.15) is 0 Å². The van der Waals surface area contributed by atoms with Gasteiger partial charge in [-0.25, -0.2) is 0 Å². The Kier molecular flexibility index (Phi) is 4.36. The van der Waals surface area contributed by atoms with E-state index in [0.29, 0.717) is 6.04 Å². The maximum absolute atomic E-state index is 11.2. The summed E-state index contributed by atoms with van der Waals surface area (Å²) in [7, 11) is 0. The lowest BCUT2D eigenvalue weighted by molar-refractivity contribution is -0.122. The van der Waals surface area contributed by atoms with Crippen molar-refractivity contribution < 1.29 is 9.53 Å². The van der Waals surface area contributed by atoms with Gasteiger partial charge in [0.2, 0.25) is 5.91 Å². The molecule has 1 fully saturated rings. The van der Waals surface area contributed by atoms with E-state index in [4.69, 9.17) is 22.1 Å². The molecule has 1 aromatic carbocycles. The topological polar surface area (TPSA) is 64.4 Å². The molecule has 0 atom stereocenters. The van der Waals surface area contributed by atoms with Crippen LogP contribution < -0.4 is 15.8 Å². The highest BCUT2D eigenvalue weighted by molar-refractivity contribution is 6.30. The summed E-state index contributed by atoms with van der Waals surface area (Å²) < 4.78 is 5.71. The fourth-order valence-corrected chi connectivity index (χ4v) is 3.58. The van der Waals surface area contributed by atoms with E-state index in [1.54, 1.807) is 0 Å². The van der Waals surface area contributed by atoms with Gasteiger partial charge < -0.3 is 15.8 Å². The molecule has 114 valence electrons. The summed E-state index contributed by atoms with van der Waals surface area (Å²) in [6, 6.07) is 4.41. The number of halogens is 1. The molecule has 3 N–H and O–H groups in total. The van der Waals surface area contributed by atoms with Crippen LogP contribution in [0.25, 0.3) is 0 Å². The zero-order valence-electron chi connectivity index (χ0n) is 12.0. The average molecular weight is 309 g/mol. The molecule has 1 saturated carbocycles. The van der Waals surface area contributed by atoms with E-state index in [9.17, 15) is 4.79 Å². The molecule has 1 aliphatic carbocycles. The van der Waals surface area contributed by atoms with Crippen molar-refractivity contribution in [1.29, 1.82) is 0 Å². The predicted octanol–water partition coefficient (Wildman–Crippen LogP) is 2.41. The molecule has 1 aromatic rings. The summed E-state index contributed by atoms with van der Waals surface area (Å²) >= 11 is 6.17. The van der Waals surface area contributed by atoms with Gasteiger partial charge in [0.25, 0.3) is 0 Å². The van der Waals surface area contributed by atoms with Crippen molar-refractivity contribution >= 4 is 17.5 Å². The second kappa shape index (κ2) is 6.24. The van der Waals surface area contributed by atoms with Crippen LogP contribution in [0.3, 0.4) is 0 Å². The Morgan fingerprint density at radius 1 is 1.33 bits per heavy atom. The molecule has 21 heavy (non-hydrogen) atoms. The average Bonchev–Trinajstić information content (AvgIpc) is 2.93. The monoisotopic (exact) mass is 308 g/mol. The number of nitrogens with one attached hydrogen (secondary N) is 1. The number of benzene rings is 1. The van der Waals surface area contributed by atoms with E-state index in [1.807, 2.05) is 12.1 Å². The van der Waals surface area contributed by atoms with Crippen molar-refractivity contribution in [3.63, 3.8) is 0 Å². The minimum atomic E-state index is -0.158. The van der Waals surface area contributed by atoms with Crippen LogP contribution in [-0.4, -0.2) is 18.6 Å². The molecule has 0 unspecified atom stereocenters. The van der Waals surface area contributed by atoms with Crippen molar-refractivity contribution in [2.45, 2.75) is 44.7 Å². The standard InChI is InChI=1S/C16H21ClN2O2/c17-13-7-11-5-6-21-15(11)12(8-13)9-19-14-3-1-10(2-4-14)16(18)20/h7-8,10,14,19H,1-6,9H2,(H2,18,20). The quantitative estimate of drug-likeness (QED) is 0.898. The summed E-state index contributed by atoms with van der Waals surface area (Å²) in [6.07, 6.45) is 4.70. The molecule has 0 saturated heterocycles. The van der Waals surface area contributed by atoms with Crippen LogP contribution in [0, 0.1) is 5.92 Å². The van der Waals surface area contributed by atoms with E-state index in [-0.39, 0.29) is 11.8 Å². The van der Waals surface area contributed by atoms with Gasteiger partial charge in [0.15, 0.2) is 0 Å². The van der Waals surface area contributed by atoms with Gasteiger partial charge in [-0.05, 0) is 43.4 Å². The minimum Gasteiger partial charge on any atom is -0.493 e. The van der Waals surface area contributed by atoms with Gasteiger partial charge in [0.05, 0.1) is 6.61 Å². The molecule has 2 aliphatic rings. The number of fused-ring (bicyclic) bond motifs is 1. The third kappa shape index (κ3) is 3.33. The summed E-state index contributed by atoms with van der Waals surface area (Å²) in [5.74, 6) is 0.897. The van der Waals surface area contributed by atoms with Gasteiger partial charge >= 0.3 is 0 Å². The Balaban J connectivity index is 1.58. The zero-order chi connectivity index (χ0) is 14.8. The largest absolute Gasteiger partial charge is 0.493 e. The number of rotatable bonds is 4. The molecule has 5 heteroatoms. The molecule has 0 radical (unpaired) electrons. The van der Waals surface area contributed by atoms with Gasteiger partial charge in [-0.1, -0.05) is 11.6 Å². The highest BCUT2D eigenvalue weighted by Gasteiger charge is 2.25. The fraction of sp³-hybridized carbons (Fsp3) is 0.562. The van der Waals surface area contributed by atoms with E-state index in [1.165, 1.54) is 5.56 Å². The van der Waals surface area contributed by atoms with Crippen LogP contribution in [0.15, 0.2) is 12.1 Å². The predicted molar refractivity (Wildman–Crippen MR) is 82.4 cm³/mol. The van der Waals surface area contributed by atoms with Crippen molar-refractivity contribution in [2.24, 2.45) is 11.7 Å². The number of ether oxygens (including phenoxy) is 1. The second-order valence-corrected chi connectivity index (χ2v) is 6.42.